The van der Waals surface area contributed by atoms with E-state index >= 15 is 0 Å². The molecule has 2 aromatic rings. The van der Waals surface area contributed by atoms with E-state index in [9.17, 15) is 8.42 Å². The van der Waals surface area contributed by atoms with Gasteiger partial charge in [0.2, 0.25) is 0 Å². The summed E-state index contributed by atoms with van der Waals surface area (Å²) >= 11 is 0. The molecule has 0 aromatic heterocycles. The summed E-state index contributed by atoms with van der Waals surface area (Å²) in [6, 6.07) is 9.14. The molecule has 1 aliphatic rings. The zero-order valence-electron chi connectivity index (χ0n) is 27.9. The highest BCUT2D eigenvalue weighted by Gasteiger charge is 2.33. The van der Waals surface area contributed by atoms with E-state index in [2.05, 4.69) is 72.8 Å². The molecule has 1 heterocycles. The van der Waals surface area contributed by atoms with Crippen LogP contribution >= 0.6 is 0 Å². The third kappa shape index (κ3) is 10.7. The average molecular weight is 607 g/mol. The summed E-state index contributed by atoms with van der Waals surface area (Å²) in [4.78, 5) is 0.373. The lowest BCUT2D eigenvalue weighted by Crippen LogP contribution is -2.36. The van der Waals surface area contributed by atoms with Crippen LogP contribution in [0, 0.1) is 20.8 Å². The highest BCUT2D eigenvalue weighted by atomic mass is 32.2. The molecule has 1 unspecified atom stereocenters. The Morgan fingerprint density at radius 3 is 2.19 bits per heavy atom. The minimum atomic E-state index is -3.31. The highest BCUT2D eigenvalue weighted by molar-refractivity contribution is 7.91. The molecule has 43 heavy (non-hydrogen) atoms. The molecule has 0 radical (unpaired) electrons. The van der Waals surface area contributed by atoms with Crippen LogP contribution in [0.2, 0.25) is 0 Å². The van der Waals surface area contributed by atoms with Crippen molar-refractivity contribution in [2.24, 2.45) is 0 Å². The van der Waals surface area contributed by atoms with Crippen LogP contribution < -0.4 is 9.47 Å². The fourth-order valence-electron chi connectivity index (χ4n) is 5.54. The van der Waals surface area contributed by atoms with Crippen molar-refractivity contribution in [3.63, 3.8) is 0 Å². The molecule has 3 rings (SSSR count). The van der Waals surface area contributed by atoms with E-state index in [0.29, 0.717) is 17.9 Å². The number of allylic oxidation sites excluding steroid dienone is 6. The molecule has 236 valence electrons. The Morgan fingerprint density at radius 1 is 0.907 bits per heavy atom. The van der Waals surface area contributed by atoms with Gasteiger partial charge >= 0.3 is 0 Å². The number of hydrogen-bond acceptors (Lipinski definition) is 4. The summed E-state index contributed by atoms with van der Waals surface area (Å²) < 4.78 is 38.2. The smallest absolute Gasteiger partial charge is 0.178 e. The first-order valence-corrected chi connectivity index (χ1v) is 17.6. The predicted molar refractivity (Wildman–Crippen MR) is 181 cm³/mol. The van der Waals surface area contributed by atoms with Crippen molar-refractivity contribution in [2.75, 3.05) is 12.4 Å². The number of fused-ring (bicyclic) bond motifs is 1. The number of benzene rings is 2. The Kier molecular flexibility index (Phi) is 12.7. The summed E-state index contributed by atoms with van der Waals surface area (Å²) in [6.07, 6.45) is 16.0. The van der Waals surface area contributed by atoms with Crippen LogP contribution in [0.1, 0.15) is 108 Å². The second-order valence-electron chi connectivity index (χ2n) is 13.0. The first kappa shape index (κ1) is 34.7. The van der Waals surface area contributed by atoms with Gasteiger partial charge in [0.1, 0.15) is 17.1 Å². The van der Waals surface area contributed by atoms with Crippen LogP contribution in [0.3, 0.4) is 0 Å². The molecule has 0 fully saturated rings. The molecule has 0 bridgehead atoms. The molecule has 0 spiro atoms. The molecule has 0 saturated carbocycles. The number of hydrogen-bond donors (Lipinski definition) is 0. The Morgan fingerprint density at radius 2 is 1.53 bits per heavy atom. The van der Waals surface area contributed by atoms with Gasteiger partial charge in [-0.2, -0.15) is 0 Å². The minimum Gasteiger partial charge on any atom is -0.493 e. The van der Waals surface area contributed by atoms with Crippen LogP contribution in [0.25, 0.3) is 0 Å². The largest absolute Gasteiger partial charge is 0.493 e. The minimum absolute atomic E-state index is 0.0708. The molecule has 0 saturated heterocycles. The van der Waals surface area contributed by atoms with E-state index in [1.54, 1.807) is 12.1 Å². The maximum atomic E-state index is 12.7. The standard InChI is InChI=1S/C38H54O4S/c1-28(2)13-9-14-29(3)15-10-16-30(4)17-11-23-38(8)24-22-34-27-36(32(6)33(7)37(34)42-38)41-25-12-26-43(39,40)35-20-18-31(5)19-21-35/h13,15,17-21,27H,9-12,14,16,22-26H2,1-8H3. The summed E-state index contributed by atoms with van der Waals surface area (Å²) in [5.41, 5.74) is 8.55. The lowest BCUT2D eigenvalue weighted by atomic mass is 9.86. The molecule has 4 nitrogen and oxygen atoms in total. The number of sulfone groups is 1. The van der Waals surface area contributed by atoms with Crippen LogP contribution in [-0.2, 0) is 16.3 Å². The van der Waals surface area contributed by atoms with Crippen molar-refractivity contribution >= 4 is 9.84 Å². The van der Waals surface area contributed by atoms with Gasteiger partial charge in [0.15, 0.2) is 9.84 Å². The van der Waals surface area contributed by atoms with Gasteiger partial charge in [-0.3, -0.25) is 0 Å². The van der Waals surface area contributed by atoms with E-state index < -0.39 is 9.84 Å². The third-order valence-electron chi connectivity index (χ3n) is 8.63. The first-order valence-electron chi connectivity index (χ1n) is 16.0. The average Bonchev–Trinajstić information content (AvgIpc) is 2.94. The van der Waals surface area contributed by atoms with Crippen molar-refractivity contribution in [3.05, 3.63) is 87.5 Å². The second-order valence-corrected chi connectivity index (χ2v) is 15.1. The number of rotatable bonds is 15. The Labute approximate surface area is 262 Å². The summed E-state index contributed by atoms with van der Waals surface area (Å²) in [7, 11) is -3.31. The molecule has 0 aliphatic carbocycles. The van der Waals surface area contributed by atoms with Crippen molar-refractivity contribution in [1.29, 1.82) is 0 Å². The van der Waals surface area contributed by atoms with Crippen molar-refractivity contribution in [1.82, 2.24) is 0 Å². The summed E-state index contributed by atoms with van der Waals surface area (Å²) in [5, 5.41) is 0. The predicted octanol–water partition coefficient (Wildman–Crippen LogP) is 10.1. The lowest BCUT2D eigenvalue weighted by molar-refractivity contribution is 0.0560. The van der Waals surface area contributed by atoms with Gasteiger partial charge in [0.25, 0.3) is 0 Å². The Balaban J connectivity index is 1.50. The van der Waals surface area contributed by atoms with Crippen molar-refractivity contribution in [2.45, 2.75) is 124 Å². The van der Waals surface area contributed by atoms with Gasteiger partial charge in [-0.25, -0.2) is 8.42 Å². The zero-order chi connectivity index (χ0) is 31.6. The quantitative estimate of drug-likeness (QED) is 0.150. The van der Waals surface area contributed by atoms with E-state index in [1.807, 2.05) is 19.1 Å². The van der Waals surface area contributed by atoms with Crippen LogP contribution in [0.5, 0.6) is 11.5 Å². The van der Waals surface area contributed by atoms with E-state index in [4.69, 9.17) is 9.47 Å². The summed E-state index contributed by atoms with van der Waals surface area (Å²) in [6.45, 7) is 17.5. The molecule has 0 N–H and O–H groups in total. The summed E-state index contributed by atoms with van der Waals surface area (Å²) in [5.74, 6) is 1.90. The van der Waals surface area contributed by atoms with Crippen molar-refractivity contribution < 1.29 is 17.9 Å². The highest BCUT2D eigenvalue weighted by Crippen LogP contribution is 2.42. The molecule has 2 aromatic carbocycles. The van der Waals surface area contributed by atoms with E-state index in [-0.39, 0.29) is 11.4 Å². The molecule has 0 amide bonds. The Hall–Kier alpha value is -2.79. The van der Waals surface area contributed by atoms with Crippen LogP contribution in [0.15, 0.2) is 70.2 Å². The fourth-order valence-corrected chi connectivity index (χ4v) is 6.82. The fraction of sp³-hybridized carbons (Fsp3) is 0.526. The third-order valence-corrected chi connectivity index (χ3v) is 10.4. The van der Waals surface area contributed by atoms with Crippen LogP contribution in [-0.4, -0.2) is 26.4 Å². The topological polar surface area (TPSA) is 52.6 Å². The maximum Gasteiger partial charge on any atom is 0.178 e. The molecule has 5 heteroatoms. The van der Waals surface area contributed by atoms with Gasteiger partial charge in [-0.05, 0) is 148 Å². The van der Waals surface area contributed by atoms with Gasteiger partial charge in [-0.1, -0.05) is 52.6 Å². The number of aryl methyl sites for hydroxylation is 2. The SMILES string of the molecule is CC(C)=CCCC(C)=CCCC(C)=CCCC1(C)CCc2cc(OCCCS(=O)(=O)c3ccc(C)cc3)c(C)c(C)c2O1. The van der Waals surface area contributed by atoms with E-state index in [1.165, 1.54) is 22.3 Å². The van der Waals surface area contributed by atoms with Gasteiger partial charge in [0.05, 0.1) is 17.3 Å². The van der Waals surface area contributed by atoms with Gasteiger partial charge in [0, 0.05) is 0 Å². The lowest BCUT2D eigenvalue weighted by Gasteiger charge is -2.37. The van der Waals surface area contributed by atoms with Crippen molar-refractivity contribution in [3.8, 4) is 11.5 Å². The monoisotopic (exact) mass is 606 g/mol. The van der Waals surface area contributed by atoms with Crippen LogP contribution in [0.4, 0.5) is 0 Å². The van der Waals surface area contributed by atoms with E-state index in [0.717, 1.165) is 79.6 Å². The normalized spacial score (nSPS) is 17.3. The molecular weight excluding hydrogens is 552 g/mol. The number of ether oxygens (including phenoxy) is 2. The molecule has 1 atom stereocenters. The maximum absolute atomic E-state index is 12.7. The van der Waals surface area contributed by atoms with Gasteiger partial charge in [-0.15, -0.1) is 0 Å². The second kappa shape index (κ2) is 15.8. The zero-order valence-corrected chi connectivity index (χ0v) is 28.8. The molecular formula is C38H54O4S. The Bertz CT molecular complexity index is 1420. The van der Waals surface area contributed by atoms with Gasteiger partial charge < -0.3 is 9.47 Å². The first-order chi connectivity index (χ1) is 20.3. The molecule has 1 aliphatic heterocycles.